The van der Waals surface area contributed by atoms with Crippen LogP contribution in [0.3, 0.4) is 0 Å². The van der Waals surface area contributed by atoms with Crippen LogP contribution in [0.25, 0.3) is 0 Å². The first kappa shape index (κ1) is 14.0. The van der Waals surface area contributed by atoms with Crippen molar-refractivity contribution < 1.29 is 4.79 Å². The smallest absolute Gasteiger partial charge is 0.275 e. The van der Waals surface area contributed by atoms with Crippen LogP contribution in [-0.2, 0) is 6.54 Å². The number of nitrogens with zero attached hydrogens (tertiary/aromatic N) is 2. The highest BCUT2D eigenvalue weighted by molar-refractivity contribution is 9.10. The Morgan fingerprint density at radius 2 is 2.32 bits per heavy atom. The van der Waals surface area contributed by atoms with Gasteiger partial charge in [0.15, 0.2) is 0 Å². The molecule has 0 aliphatic heterocycles. The van der Waals surface area contributed by atoms with E-state index >= 15 is 0 Å². The van der Waals surface area contributed by atoms with Gasteiger partial charge in [-0.2, -0.15) is 0 Å². The van der Waals surface area contributed by atoms with Crippen molar-refractivity contribution in [2.75, 3.05) is 11.9 Å². The number of rotatable bonds is 4. The summed E-state index contributed by atoms with van der Waals surface area (Å²) < 4.78 is 2.49. The Labute approximate surface area is 123 Å². The Hall–Kier alpha value is -1.37. The van der Waals surface area contributed by atoms with E-state index in [1.165, 1.54) is 0 Å². The predicted octanol–water partition coefficient (Wildman–Crippen LogP) is 2.51. The molecular weight excluding hydrogens is 332 g/mol. The highest BCUT2D eigenvalue weighted by Crippen LogP contribution is 2.26. The van der Waals surface area contributed by atoms with Crippen molar-refractivity contribution >= 4 is 39.1 Å². The van der Waals surface area contributed by atoms with Crippen LogP contribution in [0.15, 0.2) is 35.2 Å². The fourth-order valence-corrected chi connectivity index (χ4v) is 2.31. The van der Waals surface area contributed by atoms with Gasteiger partial charge in [0, 0.05) is 28.8 Å². The average molecular weight is 344 g/mol. The van der Waals surface area contributed by atoms with Gasteiger partial charge >= 0.3 is 0 Å². The van der Waals surface area contributed by atoms with Crippen LogP contribution in [0.2, 0.25) is 5.02 Å². The summed E-state index contributed by atoms with van der Waals surface area (Å²) in [4.78, 5) is 16.0. The summed E-state index contributed by atoms with van der Waals surface area (Å²) >= 11 is 9.18. The molecule has 1 amide bonds. The Balaban J connectivity index is 2.11. The molecule has 0 unspecified atom stereocenters. The molecule has 1 aromatic heterocycles. The third kappa shape index (κ3) is 3.56. The summed E-state index contributed by atoms with van der Waals surface area (Å²) in [6.07, 6.45) is 3.24. The minimum absolute atomic E-state index is 0.279. The lowest BCUT2D eigenvalue weighted by Crippen LogP contribution is -2.13. The van der Waals surface area contributed by atoms with E-state index in [9.17, 15) is 4.79 Å². The van der Waals surface area contributed by atoms with E-state index in [2.05, 4.69) is 26.2 Å². The fourth-order valence-electron chi connectivity index (χ4n) is 1.53. The molecule has 0 saturated heterocycles. The van der Waals surface area contributed by atoms with Gasteiger partial charge in [-0.1, -0.05) is 11.6 Å². The number of carbonyl (C=O) groups is 1. The number of aromatic nitrogens is 2. The summed E-state index contributed by atoms with van der Waals surface area (Å²) in [5, 5.41) is 3.35. The third-order valence-corrected chi connectivity index (χ3v) is 3.32. The maximum absolute atomic E-state index is 12.0. The summed E-state index contributed by atoms with van der Waals surface area (Å²) in [6, 6.07) is 5.14. The molecule has 0 spiro atoms. The Bertz CT molecular complexity index is 599. The van der Waals surface area contributed by atoms with Gasteiger partial charge in [-0.05, 0) is 34.1 Å². The van der Waals surface area contributed by atoms with Gasteiger partial charge in [0.2, 0.25) is 0 Å². The van der Waals surface area contributed by atoms with Crippen LogP contribution < -0.4 is 11.1 Å². The number of carbonyl (C=O) groups excluding carboxylic acids is 1. The molecule has 100 valence electrons. The number of halogens is 2. The molecule has 0 bridgehead atoms. The van der Waals surface area contributed by atoms with Crippen LogP contribution in [0.4, 0.5) is 5.69 Å². The number of imidazole rings is 1. The number of amides is 1. The lowest BCUT2D eigenvalue weighted by atomic mass is 10.3. The van der Waals surface area contributed by atoms with E-state index in [-0.39, 0.29) is 5.91 Å². The second kappa shape index (κ2) is 6.18. The van der Waals surface area contributed by atoms with Crippen LogP contribution in [-0.4, -0.2) is 22.0 Å². The number of nitrogens with one attached hydrogen (secondary N) is 1. The van der Waals surface area contributed by atoms with Gasteiger partial charge in [0.1, 0.15) is 5.69 Å². The molecule has 0 radical (unpaired) electrons. The SMILES string of the molecule is NCCn1cnc(C(=O)Nc2ccc(Cl)cc2Br)c1. The molecule has 0 atom stereocenters. The molecule has 3 N–H and O–H groups in total. The molecule has 1 aromatic carbocycles. The van der Waals surface area contributed by atoms with Crippen molar-refractivity contribution in [2.24, 2.45) is 5.73 Å². The topological polar surface area (TPSA) is 72.9 Å². The van der Waals surface area contributed by atoms with Gasteiger partial charge in [-0.25, -0.2) is 4.98 Å². The maximum Gasteiger partial charge on any atom is 0.275 e. The lowest BCUT2D eigenvalue weighted by molar-refractivity contribution is 0.102. The monoisotopic (exact) mass is 342 g/mol. The zero-order valence-electron chi connectivity index (χ0n) is 9.94. The standard InChI is InChI=1S/C12H12BrClN4O/c13-9-5-8(14)1-2-10(9)17-12(19)11-6-18(4-3-15)7-16-11/h1-2,5-7H,3-4,15H2,(H,17,19). The van der Waals surface area contributed by atoms with Crippen molar-refractivity contribution in [3.05, 3.63) is 45.9 Å². The molecular formula is C12H12BrClN4O. The summed E-state index contributed by atoms with van der Waals surface area (Å²) in [7, 11) is 0. The second-order valence-electron chi connectivity index (χ2n) is 3.86. The van der Waals surface area contributed by atoms with Gasteiger partial charge in [0.05, 0.1) is 12.0 Å². The molecule has 5 nitrogen and oxygen atoms in total. The molecule has 7 heteroatoms. The van der Waals surface area contributed by atoms with Crippen molar-refractivity contribution in [3.63, 3.8) is 0 Å². The molecule has 0 aliphatic carbocycles. The van der Waals surface area contributed by atoms with Crippen molar-refractivity contribution in [2.45, 2.75) is 6.54 Å². The lowest BCUT2D eigenvalue weighted by Gasteiger charge is -2.06. The van der Waals surface area contributed by atoms with Crippen molar-refractivity contribution in [1.29, 1.82) is 0 Å². The van der Waals surface area contributed by atoms with Crippen molar-refractivity contribution in [3.8, 4) is 0 Å². The molecule has 0 fully saturated rings. The highest BCUT2D eigenvalue weighted by atomic mass is 79.9. The van der Waals surface area contributed by atoms with Gasteiger partial charge in [0.25, 0.3) is 5.91 Å². The quantitative estimate of drug-likeness (QED) is 0.896. The minimum Gasteiger partial charge on any atom is -0.335 e. The first-order valence-electron chi connectivity index (χ1n) is 5.58. The predicted molar refractivity (Wildman–Crippen MR) is 78.4 cm³/mol. The highest BCUT2D eigenvalue weighted by Gasteiger charge is 2.11. The number of anilines is 1. The minimum atomic E-state index is -0.279. The zero-order chi connectivity index (χ0) is 13.8. The zero-order valence-corrected chi connectivity index (χ0v) is 12.3. The molecule has 1 heterocycles. The first-order chi connectivity index (χ1) is 9.10. The molecule has 0 aliphatic rings. The van der Waals surface area contributed by atoms with E-state index in [1.807, 2.05) is 0 Å². The van der Waals surface area contributed by atoms with Crippen LogP contribution in [0.1, 0.15) is 10.5 Å². The van der Waals surface area contributed by atoms with Gasteiger partial charge in [-0.15, -0.1) is 0 Å². The number of hydrogen-bond acceptors (Lipinski definition) is 3. The van der Waals surface area contributed by atoms with E-state index in [4.69, 9.17) is 17.3 Å². The Kier molecular flexibility index (Phi) is 4.57. The average Bonchev–Trinajstić information content (AvgIpc) is 2.82. The summed E-state index contributed by atoms with van der Waals surface area (Å²) in [6.45, 7) is 1.13. The first-order valence-corrected chi connectivity index (χ1v) is 6.75. The van der Waals surface area contributed by atoms with E-state index in [1.54, 1.807) is 35.3 Å². The van der Waals surface area contributed by atoms with Gasteiger partial charge in [-0.3, -0.25) is 4.79 Å². The van der Waals surface area contributed by atoms with Crippen LogP contribution in [0, 0.1) is 0 Å². The molecule has 2 rings (SSSR count). The largest absolute Gasteiger partial charge is 0.335 e. The van der Waals surface area contributed by atoms with E-state index in [0.29, 0.717) is 29.5 Å². The summed E-state index contributed by atoms with van der Waals surface area (Å²) in [5.41, 5.74) is 6.42. The molecule has 2 aromatic rings. The van der Waals surface area contributed by atoms with E-state index < -0.39 is 0 Å². The number of nitrogens with two attached hydrogens (primary N) is 1. The maximum atomic E-state index is 12.0. The van der Waals surface area contributed by atoms with Gasteiger partial charge < -0.3 is 15.6 Å². The Morgan fingerprint density at radius 1 is 1.53 bits per heavy atom. The third-order valence-electron chi connectivity index (χ3n) is 2.43. The summed E-state index contributed by atoms with van der Waals surface area (Å²) in [5.74, 6) is -0.279. The van der Waals surface area contributed by atoms with Crippen molar-refractivity contribution in [1.82, 2.24) is 9.55 Å². The molecule has 0 saturated carbocycles. The fraction of sp³-hybridized carbons (Fsp3) is 0.167. The Morgan fingerprint density at radius 3 is 3.00 bits per heavy atom. The second-order valence-corrected chi connectivity index (χ2v) is 5.15. The van der Waals surface area contributed by atoms with Crippen LogP contribution >= 0.6 is 27.5 Å². The van der Waals surface area contributed by atoms with E-state index in [0.717, 1.165) is 4.47 Å². The van der Waals surface area contributed by atoms with Crippen LogP contribution in [0.5, 0.6) is 0 Å². The molecule has 19 heavy (non-hydrogen) atoms. The number of benzene rings is 1. The number of hydrogen-bond donors (Lipinski definition) is 2. The normalized spacial score (nSPS) is 10.5.